The van der Waals surface area contributed by atoms with Gasteiger partial charge in [0.25, 0.3) is 0 Å². The molecular formula is C14H12IN3S. The van der Waals surface area contributed by atoms with Crippen molar-refractivity contribution in [2.24, 2.45) is 4.99 Å². The first-order valence-corrected chi connectivity index (χ1v) is 7.51. The maximum atomic E-state index is 9.29. The fourth-order valence-electron chi connectivity index (χ4n) is 1.53. The van der Waals surface area contributed by atoms with Gasteiger partial charge in [0.2, 0.25) is 0 Å². The number of aliphatic imine (C=N–C) groups is 1. The molecule has 1 aromatic heterocycles. The fourth-order valence-corrected chi connectivity index (χ4v) is 3.72. The van der Waals surface area contributed by atoms with Crippen molar-refractivity contribution < 1.29 is 0 Å². The molecule has 1 aromatic carbocycles. The molecule has 0 bridgehead atoms. The number of nitrogens with zero attached hydrogens (tertiary/aromatic N) is 3. The lowest BCUT2D eigenvalue weighted by Gasteiger charge is -2.00. The van der Waals surface area contributed by atoms with Crippen LogP contribution in [0.3, 0.4) is 0 Å². The van der Waals surface area contributed by atoms with Crippen LogP contribution >= 0.6 is 33.9 Å². The van der Waals surface area contributed by atoms with Crippen molar-refractivity contribution in [3.05, 3.63) is 39.5 Å². The fraction of sp³-hybridized carbons (Fsp3) is 0.143. The van der Waals surface area contributed by atoms with Crippen LogP contribution in [0, 0.1) is 14.9 Å². The van der Waals surface area contributed by atoms with Gasteiger partial charge in [-0.2, -0.15) is 5.26 Å². The Morgan fingerprint density at radius 3 is 2.58 bits per heavy atom. The van der Waals surface area contributed by atoms with E-state index in [9.17, 15) is 5.26 Å². The van der Waals surface area contributed by atoms with E-state index in [-0.39, 0.29) is 0 Å². The first kappa shape index (κ1) is 14.0. The average molecular weight is 381 g/mol. The van der Waals surface area contributed by atoms with Crippen LogP contribution in [0.5, 0.6) is 0 Å². The highest BCUT2D eigenvalue weighted by molar-refractivity contribution is 14.1. The van der Waals surface area contributed by atoms with Crippen LogP contribution in [0.1, 0.15) is 5.56 Å². The summed E-state index contributed by atoms with van der Waals surface area (Å²) in [5.41, 5.74) is 1.78. The molecule has 0 N–H and O–H groups in total. The molecule has 0 spiro atoms. The molecule has 0 unspecified atom stereocenters. The second kappa shape index (κ2) is 6.17. The Bertz CT molecular complexity index is 639. The number of rotatable bonds is 3. The number of nitriles is 1. The van der Waals surface area contributed by atoms with Crippen molar-refractivity contribution in [3.8, 4) is 16.5 Å². The third kappa shape index (κ3) is 3.14. The molecule has 96 valence electrons. The maximum absolute atomic E-state index is 9.29. The predicted octanol–water partition coefficient (Wildman–Crippen LogP) is 4.11. The summed E-state index contributed by atoms with van der Waals surface area (Å²) in [4.78, 5) is 7.33. The Morgan fingerprint density at radius 2 is 2.00 bits per heavy atom. The van der Waals surface area contributed by atoms with Gasteiger partial charge in [0.15, 0.2) is 0 Å². The van der Waals surface area contributed by atoms with Crippen molar-refractivity contribution >= 4 is 45.3 Å². The minimum atomic E-state index is 0.655. The second-order valence-corrected chi connectivity index (χ2v) is 6.19. The summed E-state index contributed by atoms with van der Waals surface area (Å²) >= 11 is 3.77. The lowest BCUT2D eigenvalue weighted by molar-refractivity contribution is 0.643. The maximum Gasteiger partial charge on any atom is 0.137 e. The Labute approximate surface area is 130 Å². The third-order valence-corrected chi connectivity index (χ3v) is 4.98. The zero-order valence-corrected chi connectivity index (χ0v) is 13.6. The van der Waals surface area contributed by atoms with E-state index in [1.807, 2.05) is 37.2 Å². The van der Waals surface area contributed by atoms with Gasteiger partial charge in [-0.25, -0.2) is 4.99 Å². The molecule has 2 rings (SSSR count). The highest BCUT2D eigenvalue weighted by atomic mass is 127. The molecule has 19 heavy (non-hydrogen) atoms. The quantitative estimate of drug-likeness (QED) is 0.456. The third-order valence-electron chi connectivity index (χ3n) is 2.39. The number of hydrogen-bond donors (Lipinski definition) is 0. The molecule has 5 heteroatoms. The van der Waals surface area contributed by atoms with Gasteiger partial charge in [-0.15, -0.1) is 11.3 Å². The van der Waals surface area contributed by atoms with Gasteiger partial charge >= 0.3 is 0 Å². The van der Waals surface area contributed by atoms with Crippen molar-refractivity contribution in [1.29, 1.82) is 5.26 Å². The minimum absolute atomic E-state index is 0.655. The largest absolute Gasteiger partial charge is 0.369 e. The average Bonchev–Trinajstić information content (AvgIpc) is 2.73. The van der Waals surface area contributed by atoms with E-state index in [2.05, 4.69) is 45.8 Å². The number of thiophene rings is 1. The van der Waals surface area contributed by atoms with Crippen molar-refractivity contribution in [1.82, 2.24) is 4.90 Å². The number of hydrogen-bond acceptors (Lipinski definition) is 3. The van der Waals surface area contributed by atoms with E-state index in [1.54, 1.807) is 17.7 Å². The Kier molecular flexibility index (Phi) is 4.56. The first-order valence-electron chi connectivity index (χ1n) is 5.62. The van der Waals surface area contributed by atoms with Gasteiger partial charge in [-0.3, -0.25) is 0 Å². The Morgan fingerprint density at radius 1 is 1.32 bits per heavy atom. The molecule has 0 atom stereocenters. The summed E-state index contributed by atoms with van der Waals surface area (Å²) in [5.74, 6) is 0. The van der Waals surface area contributed by atoms with Gasteiger partial charge in [-0.1, -0.05) is 30.3 Å². The zero-order chi connectivity index (χ0) is 13.8. The van der Waals surface area contributed by atoms with E-state index in [0.29, 0.717) is 5.56 Å². The molecule has 0 aliphatic carbocycles. The van der Waals surface area contributed by atoms with Gasteiger partial charge < -0.3 is 4.90 Å². The highest BCUT2D eigenvalue weighted by Gasteiger charge is 2.16. The molecule has 2 aromatic rings. The van der Waals surface area contributed by atoms with Crippen molar-refractivity contribution in [3.63, 3.8) is 0 Å². The molecule has 1 heterocycles. The van der Waals surface area contributed by atoms with E-state index in [0.717, 1.165) is 19.0 Å². The molecule has 0 aliphatic rings. The smallest absolute Gasteiger partial charge is 0.137 e. The van der Waals surface area contributed by atoms with Gasteiger partial charge in [0.05, 0.1) is 14.8 Å². The topological polar surface area (TPSA) is 39.4 Å². The standard InChI is InChI=1S/C14H12IN3S/c1-18(2)9-17-14-11(8-16)12(15)13(19-14)10-6-4-3-5-7-10/h3-7,9H,1-2H3/b17-9-. The lowest BCUT2D eigenvalue weighted by atomic mass is 10.2. The van der Waals surface area contributed by atoms with E-state index < -0.39 is 0 Å². The molecule has 0 fully saturated rings. The molecule has 0 saturated heterocycles. The summed E-state index contributed by atoms with van der Waals surface area (Å²) in [6.07, 6.45) is 1.72. The van der Waals surface area contributed by atoms with E-state index in [4.69, 9.17) is 0 Å². The molecule has 3 nitrogen and oxygen atoms in total. The van der Waals surface area contributed by atoms with Crippen LogP contribution in [-0.4, -0.2) is 25.3 Å². The van der Waals surface area contributed by atoms with Gasteiger partial charge in [0.1, 0.15) is 16.6 Å². The first-order chi connectivity index (χ1) is 9.13. The van der Waals surface area contributed by atoms with Gasteiger partial charge in [-0.05, 0) is 28.2 Å². The van der Waals surface area contributed by atoms with Crippen LogP contribution in [0.4, 0.5) is 5.00 Å². The molecule has 0 radical (unpaired) electrons. The van der Waals surface area contributed by atoms with Crippen LogP contribution in [-0.2, 0) is 0 Å². The van der Waals surface area contributed by atoms with Crippen LogP contribution < -0.4 is 0 Å². The predicted molar refractivity (Wildman–Crippen MR) is 89.0 cm³/mol. The van der Waals surface area contributed by atoms with Gasteiger partial charge in [0, 0.05) is 14.1 Å². The summed E-state index contributed by atoms with van der Waals surface area (Å²) in [6.45, 7) is 0. The normalized spacial score (nSPS) is 10.6. The number of halogens is 1. The molecule has 0 aliphatic heterocycles. The summed E-state index contributed by atoms with van der Waals surface area (Å²) in [5, 5.41) is 10.1. The van der Waals surface area contributed by atoms with Crippen molar-refractivity contribution in [2.45, 2.75) is 0 Å². The lowest BCUT2D eigenvalue weighted by Crippen LogP contribution is -2.06. The summed E-state index contributed by atoms with van der Waals surface area (Å²) in [7, 11) is 3.82. The number of benzene rings is 1. The molecule has 0 saturated carbocycles. The van der Waals surface area contributed by atoms with E-state index >= 15 is 0 Å². The SMILES string of the molecule is CN(C)/C=N\c1sc(-c2ccccc2)c(I)c1C#N. The Hall–Kier alpha value is -1.39. The molecule has 0 amide bonds. The summed E-state index contributed by atoms with van der Waals surface area (Å²) < 4.78 is 0.974. The zero-order valence-electron chi connectivity index (χ0n) is 10.6. The van der Waals surface area contributed by atoms with Crippen molar-refractivity contribution in [2.75, 3.05) is 14.1 Å². The Balaban J connectivity index is 2.51. The monoisotopic (exact) mass is 381 g/mol. The van der Waals surface area contributed by atoms with Crippen LogP contribution in [0.2, 0.25) is 0 Å². The minimum Gasteiger partial charge on any atom is -0.369 e. The molecular weight excluding hydrogens is 369 g/mol. The highest BCUT2D eigenvalue weighted by Crippen LogP contribution is 2.41. The second-order valence-electron chi connectivity index (χ2n) is 4.11. The van der Waals surface area contributed by atoms with E-state index in [1.165, 1.54) is 0 Å². The summed E-state index contributed by atoms with van der Waals surface area (Å²) in [6, 6.07) is 12.3. The van der Waals surface area contributed by atoms with Crippen LogP contribution in [0.25, 0.3) is 10.4 Å². The van der Waals surface area contributed by atoms with Crippen LogP contribution in [0.15, 0.2) is 35.3 Å².